The highest BCUT2D eigenvalue weighted by atomic mass is 32.2. The summed E-state index contributed by atoms with van der Waals surface area (Å²) in [6, 6.07) is 1.68. The molecule has 8 heteroatoms. The van der Waals surface area contributed by atoms with Gasteiger partial charge in [-0.15, -0.1) is 0 Å². The molecule has 0 bridgehead atoms. The zero-order chi connectivity index (χ0) is 14.7. The van der Waals surface area contributed by atoms with Crippen molar-refractivity contribution in [1.82, 2.24) is 0 Å². The Hall–Kier alpha value is -1.83. The maximum atomic E-state index is 13.6. The number of hydrogen-bond acceptors (Lipinski definition) is 5. The maximum absolute atomic E-state index is 13.6. The minimum Gasteiger partial charge on any atom is -0.478 e. The fraction of sp³-hybridized carbons (Fsp3) is 0.417. The van der Waals surface area contributed by atoms with E-state index in [9.17, 15) is 19.3 Å². The van der Waals surface area contributed by atoms with Crippen LogP contribution in [-0.2, 0) is 0 Å². The van der Waals surface area contributed by atoms with Crippen molar-refractivity contribution in [3.05, 3.63) is 33.6 Å². The number of nitrogens with zero attached hydrogens (tertiary/aromatic N) is 1. The molecule has 2 rings (SSSR count). The first-order valence-electron chi connectivity index (χ1n) is 6.04. The lowest BCUT2D eigenvalue weighted by molar-refractivity contribution is -0.384. The molecule has 0 aliphatic carbocycles. The molecule has 1 heterocycles. The van der Waals surface area contributed by atoms with Crippen LogP contribution >= 0.6 is 11.8 Å². The topological polar surface area (TPSA) is 92.5 Å². The normalized spacial score (nSPS) is 18.6. The molecule has 2 N–H and O–H groups in total. The van der Waals surface area contributed by atoms with Crippen LogP contribution in [0.2, 0.25) is 0 Å². The van der Waals surface area contributed by atoms with E-state index in [2.05, 4.69) is 5.32 Å². The van der Waals surface area contributed by atoms with Gasteiger partial charge < -0.3 is 10.4 Å². The minimum atomic E-state index is -1.52. The van der Waals surface area contributed by atoms with E-state index >= 15 is 0 Å². The quantitative estimate of drug-likeness (QED) is 0.656. The molecular weight excluding hydrogens is 287 g/mol. The Morgan fingerprint density at radius 3 is 2.85 bits per heavy atom. The van der Waals surface area contributed by atoms with Gasteiger partial charge in [-0.2, -0.15) is 11.8 Å². The van der Waals surface area contributed by atoms with Crippen LogP contribution in [0.3, 0.4) is 0 Å². The summed E-state index contributed by atoms with van der Waals surface area (Å²) >= 11 is 1.73. The highest BCUT2D eigenvalue weighted by Gasteiger charge is 2.24. The highest BCUT2D eigenvalue weighted by molar-refractivity contribution is 7.99. The lowest BCUT2D eigenvalue weighted by atomic mass is 10.1. The van der Waals surface area contributed by atoms with Gasteiger partial charge in [0.05, 0.1) is 4.92 Å². The number of anilines is 1. The third-order valence-corrected chi connectivity index (χ3v) is 4.25. The first-order chi connectivity index (χ1) is 9.49. The molecule has 1 unspecified atom stereocenters. The standard InChI is InChI=1S/C12H13FN2O4S/c13-9-5-10(14-7-2-1-3-20-6-7)11(15(18)19)4-8(9)12(16)17/h4-5,7,14H,1-3,6H2,(H,16,17). The average molecular weight is 300 g/mol. The Balaban J connectivity index is 2.33. The maximum Gasteiger partial charge on any atom is 0.338 e. The van der Waals surface area contributed by atoms with E-state index in [1.807, 2.05) is 0 Å². The van der Waals surface area contributed by atoms with Crippen molar-refractivity contribution >= 4 is 29.1 Å². The average Bonchev–Trinajstić information content (AvgIpc) is 2.39. The molecule has 1 atom stereocenters. The molecule has 0 amide bonds. The lowest BCUT2D eigenvalue weighted by Gasteiger charge is -2.23. The summed E-state index contributed by atoms with van der Waals surface area (Å²) in [5, 5.41) is 22.7. The van der Waals surface area contributed by atoms with Gasteiger partial charge in [0.15, 0.2) is 0 Å². The summed E-state index contributed by atoms with van der Waals surface area (Å²) in [6.07, 6.45) is 1.85. The summed E-state index contributed by atoms with van der Waals surface area (Å²) in [6.45, 7) is 0. The number of hydrogen-bond donors (Lipinski definition) is 2. The van der Waals surface area contributed by atoms with Crippen LogP contribution in [-0.4, -0.2) is 33.5 Å². The van der Waals surface area contributed by atoms with Crippen LogP contribution in [0, 0.1) is 15.9 Å². The zero-order valence-electron chi connectivity index (χ0n) is 10.5. The van der Waals surface area contributed by atoms with E-state index in [0.29, 0.717) is 0 Å². The van der Waals surface area contributed by atoms with Crippen molar-refractivity contribution in [2.24, 2.45) is 0 Å². The molecule has 1 aromatic carbocycles. The number of aromatic carboxylic acids is 1. The number of benzene rings is 1. The molecule has 6 nitrogen and oxygen atoms in total. The van der Waals surface area contributed by atoms with Gasteiger partial charge in [-0.05, 0) is 18.6 Å². The third-order valence-electron chi connectivity index (χ3n) is 3.03. The van der Waals surface area contributed by atoms with E-state index in [-0.39, 0.29) is 11.7 Å². The number of nitrogens with one attached hydrogen (secondary N) is 1. The highest BCUT2D eigenvalue weighted by Crippen LogP contribution is 2.30. The van der Waals surface area contributed by atoms with Crippen LogP contribution in [0.25, 0.3) is 0 Å². The van der Waals surface area contributed by atoms with Gasteiger partial charge in [-0.25, -0.2) is 9.18 Å². The van der Waals surface area contributed by atoms with Crippen molar-refractivity contribution in [3.63, 3.8) is 0 Å². The molecule has 1 aliphatic heterocycles. The van der Waals surface area contributed by atoms with Gasteiger partial charge in [-0.1, -0.05) is 0 Å². The van der Waals surface area contributed by atoms with Gasteiger partial charge in [-0.3, -0.25) is 10.1 Å². The van der Waals surface area contributed by atoms with Crippen molar-refractivity contribution in [2.45, 2.75) is 18.9 Å². The number of thioether (sulfide) groups is 1. The smallest absolute Gasteiger partial charge is 0.338 e. The Kier molecular flexibility index (Phi) is 4.43. The number of carboxylic acid groups (broad SMARTS) is 1. The molecule has 1 saturated heterocycles. The van der Waals surface area contributed by atoms with Gasteiger partial charge in [0, 0.05) is 23.9 Å². The first kappa shape index (κ1) is 14.6. The SMILES string of the molecule is O=C(O)c1cc([N+](=O)[O-])c(NC2CCCSC2)cc1F. The van der Waals surface area contributed by atoms with Gasteiger partial charge in [0.2, 0.25) is 0 Å². The molecular formula is C12H13FN2O4S. The van der Waals surface area contributed by atoms with Crippen LogP contribution in [0.5, 0.6) is 0 Å². The van der Waals surface area contributed by atoms with E-state index in [1.165, 1.54) is 0 Å². The monoisotopic (exact) mass is 300 g/mol. The van der Waals surface area contributed by atoms with Crippen molar-refractivity contribution in [3.8, 4) is 0 Å². The third kappa shape index (κ3) is 3.19. The summed E-state index contributed by atoms with van der Waals surface area (Å²) in [4.78, 5) is 21.1. The second-order valence-electron chi connectivity index (χ2n) is 4.47. The van der Waals surface area contributed by atoms with Gasteiger partial charge in [0.1, 0.15) is 17.1 Å². The molecule has 1 aromatic rings. The second-order valence-corrected chi connectivity index (χ2v) is 5.62. The summed E-state index contributed by atoms with van der Waals surface area (Å²) < 4.78 is 13.6. The fourth-order valence-corrected chi connectivity index (χ4v) is 3.14. The lowest BCUT2D eigenvalue weighted by Crippen LogP contribution is -2.26. The molecule has 0 spiro atoms. The Morgan fingerprint density at radius 2 is 2.30 bits per heavy atom. The molecule has 20 heavy (non-hydrogen) atoms. The van der Waals surface area contributed by atoms with Crippen LogP contribution in [0.1, 0.15) is 23.2 Å². The Labute approximate surface area is 118 Å². The number of rotatable bonds is 4. The largest absolute Gasteiger partial charge is 0.478 e. The Morgan fingerprint density at radius 1 is 1.55 bits per heavy atom. The van der Waals surface area contributed by atoms with Crippen LogP contribution in [0.4, 0.5) is 15.8 Å². The van der Waals surface area contributed by atoms with Crippen molar-refractivity contribution in [2.75, 3.05) is 16.8 Å². The predicted octanol–water partition coefficient (Wildman–Crippen LogP) is 2.74. The summed E-state index contributed by atoms with van der Waals surface area (Å²) in [5.74, 6) is -0.661. The van der Waals surface area contributed by atoms with Gasteiger partial charge >= 0.3 is 5.97 Å². The first-order valence-corrected chi connectivity index (χ1v) is 7.20. The zero-order valence-corrected chi connectivity index (χ0v) is 11.3. The summed E-state index contributed by atoms with van der Waals surface area (Å²) in [5.41, 5.74) is -1.08. The van der Waals surface area contributed by atoms with Crippen LogP contribution < -0.4 is 5.32 Å². The number of nitro groups is 1. The molecule has 0 radical (unpaired) electrons. The van der Waals surface area contributed by atoms with E-state index in [1.54, 1.807) is 11.8 Å². The predicted molar refractivity (Wildman–Crippen MR) is 74.0 cm³/mol. The fourth-order valence-electron chi connectivity index (χ4n) is 2.07. The summed E-state index contributed by atoms with van der Waals surface area (Å²) in [7, 11) is 0. The number of carbonyl (C=O) groups is 1. The minimum absolute atomic E-state index is 0.0301. The molecule has 108 valence electrons. The molecule has 1 fully saturated rings. The number of nitro benzene ring substituents is 1. The van der Waals surface area contributed by atoms with Crippen LogP contribution in [0.15, 0.2) is 12.1 Å². The van der Waals surface area contributed by atoms with E-state index in [4.69, 9.17) is 5.11 Å². The van der Waals surface area contributed by atoms with Crippen molar-refractivity contribution in [1.29, 1.82) is 0 Å². The number of carboxylic acids is 1. The second kappa shape index (κ2) is 6.08. The van der Waals surface area contributed by atoms with Crippen molar-refractivity contribution < 1.29 is 19.2 Å². The molecule has 0 aromatic heterocycles. The molecule has 1 aliphatic rings. The molecule has 0 saturated carbocycles. The Bertz CT molecular complexity index is 547. The number of halogens is 1. The van der Waals surface area contributed by atoms with Gasteiger partial charge in [0.25, 0.3) is 5.69 Å². The van der Waals surface area contributed by atoms with E-state index in [0.717, 1.165) is 36.5 Å². The van der Waals surface area contributed by atoms with E-state index < -0.39 is 28.0 Å².